The Hall–Kier alpha value is -3.45. The Bertz CT molecular complexity index is 1140. The first kappa shape index (κ1) is 22.2. The van der Waals surface area contributed by atoms with E-state index in [9.17, 15) is 14.0 Å². The number of hydrogen-bond donors (Lipinski definition) is 2. The Morgan fingerprint density at radius 1 is 1.10 bits per heavy atom. The molecule has 0 radical (unpaired) electrons. The van der Waals surface area contributed by atoms with Gasteiger partial charge in [-0.15, -0.1) is 0 Å². The van der Waals surface area contributed by atoms with E-state index < -0.39 is 6.04 Å². The molecule has 1 unspecified atom stereocenters. The highest BCUT2D eigenvalue weighted by atomic mass is 35.5. The van der Waals surface area contributed by atoms with E-state index in [1.54, 1.807) is 48.0 Å². The van der Waals surface area contributed by atoms with Crippen molar-refractivity contribution in [3.05, 3.63) is 82.4 Å². The Kier molecular flexibility index (Phi) is 6.87. The van der Waals surface area contributed by atoms with Crippen molar-refractivity contribution in [3.8, 4) is 0 Å². The van der Waals surface area contributed by atoms with Crippen LogP contribution < -0.4 is 10.6 Å². The van der Waals surface area contributed by atoms with Crippen LogP contribution >= 0.6 is 11.6 Å². The molecule has 6 nitrogen and oxygen atoms in total. The van der Waals surface area contributed by atoms with Gasteiger partial charge in [-0.25, -0.2) is 4.39 Å². The molecule has 0 bridgehead atoms. The van der Waals surface area contributed by atoms with Gasteiger partial charge in [0.15, 0.2) is 0 Å². The van der Waals surface area contributed by atoms with Crippen molar-refractivity contribution in [1.82, 2.24) is 9.78 Å². The molecule has 0 fully saturated rings. The van der Waals surface area contributed by atoms with Crippen LogP contribution in [0, 0.1) is 19.7 Å². The van der Waals surface area contributed by atoms with Crippen molar-refractivity contribution in [2.75, 3.05) is 10.6 Å². The lowest BCUT2D eigenvalue weighted by atomic mass is 10.2. The predicted molar refractivity (Wildman–Crippen MR) is 121 cm³/mol. The molecule has 0 saturated heterocycles. The largest absolute Gasteiger partial charge is 0.323 e. The molecule has 3 rings (SSSR count). The molecule has 0 aliphatic heterocycles. The first-order valence-corrected chi connectivity index (χ1v) is 9.98. The summed E-state index contributed by atoms with van der Waals surface area (Å²) in [6, 6.07) is 12.0. The predicted octanol–water partition coefficient (Wildman–Crippen LogP) is 5.14. The van der Waals surface area contributed by atoms with Crippen LogP contribution in [0.15, 0.2) is 54.6 Å². The molecule has 1 heterocycles. The molecule has 0 aliphatic rings. The van der Waals surface area contributed by atoms with Crippen LogP contribution in [0.3, 0.4) is 0 Å². The van der Waals surface area contributed by atoms with Gasteiger partial charge < -0.3 is 10.6 Å². The van der Waals surface area contributed by atoms with Crippen LogP contribution in [-0.2, 0) is 9.59 Å². The van der Waals surface area contributed by atoms with Gasteiger partial charge in [-0.05, 0) is 68.8 Å². The number of benzene rings is 2. The Morgan fingerprint density at radius 2 is 1.81 bits per heavy atom. The van der Waals surface area contributed by atoms with Crippen LogP contribution in [0.5, 0.6) is 0 Å². The number of aryl methyl sites for hydroxylation is 2. The van der Waals surface area contributed by atoms with Crippen molar-refractivity contribution < 1.29 is 14.0 Å². The molecule has 2 N–H and O–H groups in total. The molecule has 0 spiro atoms. The summed E-state index contributed by atoms with van der Waals surface area (Å²) in [5.74, 6) is -0.963. The van der Waals surface area contributed by atoms with E-state index in [1.807, 2.05) is 19.9 Å². The van der Waals surface area contributed by atoms with E-state index in [0.29, 0.717) is 16.9 Å². The molecule has 0 aliphatic carbocycles. The number of amides is 2. The zero-order valence-electron chi connectivity index (χ0n) is 17.3. The third-order valence-corrected chi connectivity index (χ3v) is 4.90. The zero-order valence-corrected chi connectivity index (χ0v) is 18.1. The van der Waals surface area contributed by atoms with Crippen LogP contribution in [0.2, 0.25) is 5.02 Å². The summed E-state index contributed by atoms with van der Waals surface area (Å²) >= 11 is 6.29. The molecule has 160 valence electrons. The highest BCUT2D eigenvalue weighted by Crippen LogP contribution is 2.26. The molecule has 2 amide bonds. The van der Waals surface area contributed by atoms with Gasteiger partial charge in [-0.2, -0.15) is 5.10 Å². The first-order chi connectivity index (χ1) is 14.7. The number of aromatic nitrogens is 2. The molecule has 3 aromatic rings. The van der Waals surface area contributed by atoms with Crippen LogP contribution in [0.4, 0.5) is 15.8 Å². The Labute approximate surface area is 184 Å². The molecular weight excluding hydrogens is 419 g/mol. The second-order valence-electron chi connectivity index (χ2n) is 7.11. The minimum atomic E-state index is -0.513. The van der Waals surface area contributed by atoms with Gasteiger partial charge in [0.25, 0.3) is 0 Å². The average Bonchev–Trinajstić information content (AvgIpc) is 3.07. The maximum Gasteiger partial charge on any atom is 0.248 e. The summed E-state index contributed by atoms with van der Waals surface area (Å²) in [5.41, 5.74) is 3.33. The molecule has 1 aromatic heterocycles. The molecule has 8 heteroatoms. The number of nitrogens with zero attached hydrogens (tertiary/aromatic N) is 2. The number of rotatable bonds is 6. The lowest BCUT2D eigenvalue weighted by Gasteiger charge is -2.15. The topological polar surface area (TPSA) is 76.0 Å². The molecular formula is C23H22ClFN4O2. The summed E-state index contributed by atoms with van der Waals surface area (Å²) in [7, 11) is 0. The van der Waals surface area contributed by atoms with Gasteiger partial charge in [0.05, 0.1) is 16.4 Å². The van der Waals surface area contributed by atoms with Gasteiger partial charge in [0.2, 0.25) is 11.8 Å². The van der Waals surface area contributed by atoms with E-state index in [1.165, 1.54) is 18.2 Å². The van der Waals surface area contributed by atoms with E-state index >= 15 is 0 Å². The van der Waals surface area contributed by atoms with Gasteiger partial charge in [0, 0.05) is 17.5 Å². The van der Waals surface area contributed by atoms with Crippen LogP contribution in [0.1, 0.15) is 29.9 Å². The fourth-order valence-electron chi connectivity index (χ4n) is 3.01. The fourth-order valence-corrected chi connectivity index (χ4v) is 3.24. The number of hydrogen-bond acceptors (Lipinski definition) is 3. The normalized spacial score (nSPS) is 12.0. The Balaban J connectivity index is 1.62. The number of halogens is 2. The zero-order chi connectivity index (χ0) is 22.5. The van der Waals surface area contributed by atoms with Crippen LogP contribution in [-0.4, -0.2) is 21.6 Å². The maximum atomic E-state index is 12.9. The highest BCUT2D eigenvalue weighted by molar-refractivity contribution is 6.34. The fraction of sp³-hybridized carbons (Fsp3) is 0.174. The second kappa shape index (κ2) is 9.57. The number of nitrogens with one attached hydrogen (secondary N) is 2. The van der Waals surface area contributed by atoms with E-state index in [4.69, 9.17) is 11.6 Å². The van der Waals surface area contributed by atoms with Crippen molar-refractivity contribution in [2.45, 2.75) is 26.8 Å². The molecule has 31 heavy (non-hydrogen) atoms. The highest BCUT2D eigenvalue weighted by Gasteiger charge is 2.19. The summed E-state index contributed by atoms with van der Waals surface area (Å²) in [6.45, 7) is 5.51. The second-order valence-corrected chi connectivity index (χ2v) is 7.51. The number of carbonyl (C=O) groups excluding carboxylic acids is 2. The minimum absolute atomic E-state index is 0.257. The molecule has 1 atom stereocenters. The number of anilines is 2. The molecule has 2 aromatic carbocycles. The quantitative estimate of drug-likeness (QED) is 0.521. The van der Waals surface area contributed by atoms with Gasteiger partial charge >= 0.3 is 0 Å². The standard InChI is InChI=1S/C23H22ClFN4O2/c1-14-12-15(2)29(28-14)16(3)23(31)27-21-10-9-19(13-20(21)24)26-22(30)11-6-17-4-7-18(25)8-5-17/h4-13,16H,1-3H3,(H,26,30)(H,27,31)/b11-6+. The summed E-state index contributed by atoms with van der Waals surface area (Å²) in [6.07, 6.45) is 2.91. The van der Waals surface area contributed by atoms with E-state index in [2.05, 4.69) is 15.7 Å². The summed E-state index contributed by atoms with van der Waals surface area (Å²) in [5, 5.41) is 10.1. The average molecular weight is 441 g/mol. The lowest BCUT2D eigenvalue weighted by molar-refractivity contribution is -0.119. The third-order valence-electron chi connectivity index (χ3n) is 4.58. The SMILES string of the molecule is Cc1cc(C)n(C(C)C(=O)Nc2ccc(NC(=O)/C=C/c3ccc(F)cc3)cc2Cl)n1. The first-order valence-electron chi connectivity index (χ1n) is 9.61. The maximum absolute atomic E-state index is 12.9. The van der Waals surface area contributed by atoms with Crippen molar-refractivity contribution in [1.29, 1.82) is 0 Å². The van der Waals surface area contributed by atoms with Gasteiger partial charge in [0.1, 0.15) is 11.9 Å². The number of carbonyl (C=O) groups is 2. The van der Waals surface area contributed by atoms with Crippen molar-refractivity contribution in [2.24, 2.45) is 0 Å². The summed E-state index contributed by atoms with van der Waals surface area (Å²) < 4.78 is 14.6. The van der Waals surface area contributed by atoms with Gasteiger partial charge in [-0.3, -0.25) is 14.3 Å². The van der Waals surface area contributed by atoms with Gasteiger partial charge in [-0.1, -0.05) is 23.7 Å². The van der Waals surface area contributed by atoms with E-state index in [-0.39, 0.29) is 22.7 Å². The Morgan fingerprint density at radius 3 is 2.42 bits per heavy atom. The third kappa shape index (κ3) is 5.79. The van der Waals surface area contributed by atoms with Crippen molar-refractivity contribution in [3.63, 3.8) is 0 Å². The van der Waals surface area contributed by atoms with E-state index in [0.717, 1.165) is 11.4 Å². The smallest absolute Gasteiger partial charge is 0.248 e. The van der Waals surface area contributed by atoms with Crippen LogP contribution in [0.25, 0.3) is 6.08 Å². The lowest BCUT2D eigenvalue weighted by Crippen LogP contribution is -2.25. The monoisotopic (exact) mass is 440 g/mol. The van der Waals surface area contributed by atoms with Crippen molar-refractivity contribution >= 4 is 40.9 Å². The minimum Gasteiger partial charge on any atom is -0.323 e. The molecule has 0 saturated carbocycles. The summed E-state index contributed by atoms with van der Waals surface area (Å²) in [4.78, 5) is 24.7.